The van der Waals surface area contributed by atoms with E-state index < -0.39 is 0 Å². The van der Waals surface area contributed by atoms with Gasteiger partial charge in [-0.15, -0.1) is 0 Å². The van der Waals surface area contributed by atoms with E-state index in [9.17, 15) is 0 Å². The summed E-state index contributed by atoms with van der Waals surface area (Å²) in [5.74, 6) is 1.75. The van der Waals surface area contributed by atoms with Crippen molar-refractivity contribution < 1.29 is 4.74 Å². The molecule has 0 saturated carbocycles. The van der Waals surface area contributed by atoms with E-state index in [0.717, 1.165) is 11.7 Å². The van der Waals surface area contributed by atoms with E-state index in [-0.39, 0.29) is 0 Å². The molecular formula is C20H26O. The minimum atomic E-state index is 0.851. The third-order valence-electron chi connectivity index (χ3n) is 4.24. The van der Waals surface area contributed by atoms with Gasteiger partial charge in [0.2, 0.25) is 0 Å². The lowest BCUT2D eigenvalue weighted by Gasteiger charge is -2.08. The van der Waals surface area contributed by atoms with E-state index in [0.29, 0.717) is 0 Å². The summed E-state index contributed by atoms with van der Waals surface area (Å²) in [6, 6.07) is 17.2. The topological polar surface area (TPSA) is 9.23 Å². The van der Waals surface area contributed by atoms with Crippen LogP contribution in [0.3, 0.4) is 0 Å². The Hall–Kier alpha value is -1.76. The minimum Gasteiger partial charge on any atom is -0.497 e. The lowest BCUT2D eigenvalue weighted by atomic mass is 9.98. The smallest absolute Gasteiger partial charge is 0.118 e. The maximum Gasteiger partial charge on any atom is 0.118 e. The zero-order chi connectivity index (χ0) is 15.1. The van der Waals surface area contributed by atoms with Gasteiger partial charge in [0.05, 0.1) is 7.11 Å². The van der Waals surface area contributed by atoms with Crippen LogP contribution >= 0.6 is 0 Å². The molecule has 2 aromatic rings. The number of hydrogen-bond acceptors (Lipinski definition) is 1. The number of rotatable bonds is 7. The van der Waals surface area contributed by atoms with Gasteiger partial charge < -0.3 is 4.74 Å². The SMILES string of the molecule is CCC(C)CCCc1ccc(-c2ccc(OC)cc2)cc1. The second kappa shape index (κ2) is 7.87. The van der Waals surface area contributed by atoms with Crippen LogP contribution in [0.15, 0.2) is 48.5 Å². The number of benzene rings is 2. The molecule has 0 radical (unpaired) electrons. The van der Waals surface area contributed by atoms with E-state index in [2.05, 4.69) is 50.2 Å². The highest BCUT2D eigenvalue weighted by atomic mass is 16.5. The second-order valence-electron chi connectivity index (χ2n) is 5.83. The van der Waals surface area contributed by atoms with Crippen LogP contribution in [0.4, 0.5) is 0 Å². The first-order valence-electron chi connectivity index (χ1n) is 7.96. The summed E-state index contributed by atoms with van der Waals surface area (Å²) < 4.78 is 5.20. The Kier molecular flexibility index (Phi) is 5.86. The zero-order valence-electron chi connectivity index (χ0n) is 13.4. The normalized spacial score (nSPS) is 12.1. The molecule has 1 atom stereocenters. The van der Waals surface area contributed by atoms with Crippen molar-refractivity contribution in [1.82, 2.24) is 0 Å². The highest BCUT2D eigenvalue weighted by Crippen LogP contribution is 2.23. The lowest BCUT2D eigenvalue weighted by Crippen LogP contribution is -1.94. The highest BCUT2D eigenvalue weighted by Gasteiger charge is 2.01. The molecule has 0 saturated heterocycles. The summed E-state index contributed by atoms with van der Waals surface area (Å²) in [4.78, 5) is 0. The van der Waals surface area contributed by atoms with Crippen LogP contribution in [-0.2, 0) is 6.42 Å². The monoisotopic (exact) mass is 282 g/mol. The third-order valence-corrected chi connectivity index (χ3v) is 4.24. The Balaban J connectivity index is 1.94. The summed E-state index contributed by atoms with van der Waals surface area (Å²) in [5.41, 5.74) is 3.95. The molecule has 0 heterocycles. The van der Waals surface area contributed by atoms with E-state index in [1.54, 1.807) is 7.11 Å². The maximum atomic E-state index is 5.20. The van der Waals surface area contributed by atoms with Gasteiger partial charge in [0.1, 0.15) is 5.75 Å². The molecule has 0 aliphatic carbocycles. The van der Waals surface area contributed by atoms with E-state index in [1.165, 1.54) is 42.4 Å². The molecule has 0 bridgehead atoms. The van der Waals surface area contributed by atoms with Gasteiger partial charge in [0.25, 0.3) is 0 Å². The number of ether oxygens (including phenoxy) is 1. The summed E-state index contributed by atoms with van der Waals surface area (Å²) in [7, 11) is 1.70. The van der Waals surface area contributed by atoms with Gasteiger partial charge in [0, 0.05) is 0 Å². The lowest BCUT2D eigenvalue weighted by molar-refractivity contribution is 0.415. The summed E-state index contributed by atoms with van der Waals surface area (Å²) in [6.07, 6.45) is 5.09. The quantitative estimate of drug-likeness (QED) is 0.630. The Morgan fingerprint density at radius 2 is 1.48 bits per heavy atom. The molecular weight excluding hydrogens is 256 g/mol. The largest absolute Gasteiger partial charge is 0.497 e. The zero-order valence-corrected chi connectivity index (χ0v) is 13.4. The Labute approximate surface area is 129 Å². The Morgan fingerprint density at radius 3 is 2.00 bits per heavy atom. The second-order valence-corrected chi connectivity index (χ2v) is 5.83. The molecule has 112 valence electrons. The Bertz CT molecular complexity index is 525. The van der Waals surface area contributed by atoms with Gasteiger partial charge in [-0.1, -0.05) is 63.1 Å². The molecule has 0 aliphatic rings. The summed E-state index contributed by atoms with van der Waals surface area (Å²) in [5, 5.41) is 0. The van der Waals surface area contributed by atoms with Crippen molar-refractivity contribution in [3.05, 3.63) is 54.1 Å². The average Bonchev–Trinajstić information content (AvgIpc) is 2.55. The van der Waals surface area contributed by atoms with E-state index >= 15 is 0 Å². The average molecular weight is 282 g/mol. The van der Waals surface area contributed by atoms with Crippen LogP contribution in [0.1, 0.15) is 38.7 Å². The predicted molar refractivity (Wildman–Crippen MR) is 90.8 cm³/mol. The van der Waals surface area contributed by atoms with Gasteiger partial charge in [-0.25, -0.2) is 0 Å². The molecule has 1 unspecified atom stereocenters. The van der Waals surface area contributed by atoms with Crippen molar-refractivity contribution in [1.29, 1.82) is 0 Å². The molecule has 0 amide bonds. The first kappa shape index (κ1) is 15.6. The summed E-state index contributed by atoms with van der Waals surface area (Å²) in [6.45, 7) is 4.61. The van der Waals surface area contributed by atoms with Crippen LogP contribution < -0.4 is 4.74 Å². The van der Waals surface area contributed by atoms with Gasteiger partial charge >= 0.3 is 0 Å². The Morgan fingerprint density at radius 1 is 0.905 bits per heavy atom. The molecule has 0 aromatic heterocycles. The van der Waals surface area contributed by atoms with Crippen molar-refractivity contribution in [2.24, 2.45) is 5.92 Å². The third kappa shape index (κ3) is 4.63. The van der Waals surface area contributed by atoms with Crippen LogP contribution in [-0.4, -0.2) is 7.11 Å². The van der Waals surface area contributed by atoms with Crippen LogP contribution in [0.25, 0.3) is 11.1 Å². The molecule has 2 aromatic carbocycles. The molecule has 1 nitrogen and oxygen atoms in total. The van der Waals surface area contributed by atoms with Gasteiger partial charge in [-0.2, -0.15) is 0 Å². The molecule has 1 heteroatoms. The van der Waals surface area contributed by atoms with Crippen LogP contribution in [0, 0.1) is 5.92 Å². The fourth-order valence-corrected chi connectivity index (χ4v) is 2.51. The molecule has 21 heavy (non-hydrogen) atoms. The standard InChI is InChI=1S/C20H26O/c1-4-16(2)6-5-7-17-8-10-18(11-9-17)19-12-14-20(21-3)15-13-19/h8-16H,4-7H2,1-3H3. The predicted octanol–water partition coefficient (Wildman–Crippen LogP) is 5.73. The maximum absolute atomic E-state index is 5.20. The molecule has 0 spiro atoms. The fraction of sp³-hybridized carbons (Fsp3) is 0.400. The van der Waals surface area contributed by atoms with Gasteiger partial charge in [-0.05, 0) is 47.6 Å². The first-order chi connectivity index (χ1) is 10.2. The van der Waals surface area contributed by atoms with Gasteiger partial charge in [0.15, 0.2) is 0 Å². The van der Waals surface area contributed by atoms with E-state index in [4.69, 9.17) is 4.74 Å². The van der Waals surface area contributed by atoms with Crippen LogP contribution in [0.5, 0.6) is 5.75 Å². The number of aryl methyl sites for hydroxylation is 1. The molecule has 0 N–H and O–H groups in total. The molecule has 2 rings (SSSR count). The van der Waals surface area contributed by atoms with Crippen molar-refractivity contribution in [3.8, 4) is 16.9 Å². The van der Waals surface area contributed by atoms with Crippen molar-refractivity contribution in [3.63, 3.8) is 0 Å². The van der Waals surface area contributed by atoms with Crippen molar-refractivity contribution in [2.45, 2.75) is 39.5 Å². The van der Waals surface area contributed by atoms with Crippen molar-refractivity contribution >= 4 is 0 Å². The van der Waals surface area contributed by atoms with Gasteiger partial charge in [-0.3, -0.25) is 0 Å². The first-order valence-corrected chi connectivity index (χ1v) is 7.96. The van der Waals surface area contributed by atoms with Crippen LogP contribution in [0.2, 0.25) is 0 Å². The summed E-state index contributed by atoms with van der Waals surface area (Å²) >= 11 is 0. The highest BCUT2D eigenvalue weighted by molar-refractivity contribution is 5.64. The minimum absolute atomic E-state index is 0.851. The number of methoxy groups -OCH3 is 1. The van der Waals surface area contributed by atoms with Crippen molar-refractivity contribution in [2.75, 3.05) is 7.11 Å². The fourth-order valence-electron chi connectivity index (χ4n) is 2.51. The number of hydrogen-bond donors (Lipinski definition) is 0. The van der Waals surface area contributed by atoms with E-state index in [1.807, 2.05) is 12.1 Å². The molecule has 0 fully saturated rings. The molecule has 0 aliphatic heterocycles.